The molecule has 3 aromatic rings. The normalized spacial score (nSPS) is 11.2. The maximum absolute atomic E-state index is 5.68. The number of nitrogens with two attached hydrogens (primary N) is 1. The fraction of sp³-hybridized carbons (Fsp3) is 0.182. The van der Waals surface area contributed by atoms with E-state index in [1.54, 1.807) is 19.1 Å². The number of rotatable bonds is 3. The van der Waals surface area contributed by atoms with Crippen LogP contribution >= 0.6 is 11.8 Å². The van der Waals surface area contributed by atoms with Crippen molar-refractivity contribution < 1.29 is 8.83 Å². The molecule has 92 valence electrons. The van der Waals surface area contributed by atoms with Crippen molar-refractivity contribution in [2.24, 2.45) is 0 Å². The highest BCUT2D eigenvalue weighted by Gasteiger charge is 2.09. The second-order valence-electron chi connectivity index (χ2n) is 3.71. The quantitative estimate of drug-likeness (QED) is 0.572. The average molecular weight is 262 g/mol. The Bertz CT molecular complexity index is 691. The van der Waals surface area contributed by atoms with Gasteiger partial charge in [0.2, 0.25) is 11.8 Å². The molecule has 0 saturated carbocycles. The highest BCUT2D eigenvalue weighted by molar-refractivity contribution is 7.98. The molecule has 0 amide bonds. The molecule has 2 heterocycles. The Balaban J connectivity index is 1.78. The molecular weight excluding hydrogens is 252 g/mol. The number of nitrogens with zero attached hydrogens (tertiary/aromatic N) is 3. The standard InChI is InChI=1S/C11H10N4O2S/c1-6-14-15-11(16-6)18-5-10-13-8-4-7(12)2-3-9(8)17-10/h2-4H,5,12H2,1H3. The van der Waals surface area contributed by atoms with Gasteiger partial charge in [-0.25, -0.2) is 4.98 Å². The van der Waals surface area contributed by atoms with E-state index in [4.69, 9.17) is 14.6 Å². The third-order valence-electron chi connectivity index (χ3n) is 2.28. The molecular formula is C11H10N4O2S. The van der Waals surface area contributed by atoms with Crippen molar-refractivity contribution in [1.82, 2.24) is 15.2 Å². The number of fused-ring (bicyclic) bond motifs is 1. The zero-order valence-electron chi connectivity index (χ0n) is 9.58. The van der Waals surface area contributed by atoms with Gasteiger partial charge in [-0.15, -0.1) is 10.2 Å². The molecule has 2 N–H and O–H groups in total. The predicted octanol–water partition coefficient (Wildman–Crippen LogP) is 2.39. The van der Waals surface area contributed by atoms with Crippen LogP contribution in [0.2, 0.25) is 0 Å². The highest BCUT2D eigenvalue weighted by Crippen LogP contribution is 2.24. The molecule has 0 spiro atoms. The summed E-state index contributed by atoms with van der Waals surface area (Å²) < 4.78 is 10.8. The number of hydrogen-bond donors (Lipinski definition) is 1. The number of anilines is 1. The first-order valence-corrected chi connectivity index (χ1v) is 6.27. The SMILES string of the molecule is Cc1nnc(SCc2nc3cc(N)ccc3o2)o1. The van der Waals surface area contributed by atoms with Crippen LogP contribution in [-0.2, 0) is 5.75 Å². The van der Waals surface area contributed by atoms with Crippen LogP contribution in [0.5, 0.6) is 0 Å². The maximum Gasteiger partial charge on any atom is 0.277 e. The van der Waals surface area contributed by atoms with Gasteiger partial charge in [-0.2, -0.15) is 0 Å². The highest BCUT2D eigenvalue weighted by atomic mass is 32.2. The van der Waals surface area contributed by atoms with Gasteiger partial charge in [0.15, 0.2) is 5.58 Å². The number of aryl methyl sites for hydroxylation is 1. The van der Waals surface area contributed by atoms with Crippen LogP contribution in [-0.4, -0.2) is 15.2 Å². The molecule has 0 bridgehead atoms. The van der Waals surface area contributed by atoms with E-state index >= 15 is 0 Å². The summed E-state index contributed by atoms with van der Waals surface area (Å²) in [5.74, 6) is 1.69. The lowest BCUT2D eigenvalue weighted by molar-refractivity contribution is 0.428. The van der Waals surface area contributed by atoms with Crippen molar-refractivity contribution in [3.05, 3.63) is 30.0 Å². The summed E-state index contributed by atoms with van der Waals surface area (Å²) in [7, 11) is 0. The van der Waals surface area contributed by atoms with E-state index < -0.39 is 0 Å². The molecule has 3 rings (SSSR count). The third-order valence-corrected chi connectivity index (χ3v) is 3.09. The Morgan fingerprint density at radius 1 is 1.28 bits per heavy atom. The Kier molecular flexibility index (Phi) is 2.67. The van der Waals surface area contributed by atoms with Gasteiger partial charge in [0.25, 0.3) is 5.22 Å². The summed E-state index contributed by atoms with van der Waals surface area (Å²) in [5.41, 5.74) is 7.83. The molecule has 2 aromatic heterocycles. The van der Waals surface area contributed by atoms with Crippen molar-refractivity contribution in [3.63, 3.8) is 0 Å². The summed E-state index contributed by atoms with van der Waals surface area (Å²) in [4.78, 5) is 4.34. The van der Waals surface area contributed by atoms with Gasteiger partial charge in [-0.1, -0.05) is 11.8 Å². The smallest absolute Gasteiger partial charge is 0.277 e. The number of hydrogen-bond acceptors (Lipinski definition) is 7. The minimum Gasteiger partial charge on any atom is -0.440 e. The number of oxazole rings is 1. The minimum absolute atomic E-state index is 0.509. The first-order chi connectivity index (χ1) is 8.70. The molecule has 1 aromatic carbocycles. The lowest BCUT2D eigenvalue weighted by atomic mass is 10.3. The predicted molar refractivity (Wildman–Crippen MR) is 67.0 cm³/mol. The Labute approximate surface area is 107 Å². The Morgan fingerprint density at radius 2 is 2.17 bits per heavy atom. The zero-order chi connectivity index (χ0) is 12.5. The van der Waals surface area contributed by atoms with E-state index in [9.17, 15) is 0 Å². The second kappa shape index (κ2) is 4.34. The first-order valence-electron chi connectivity index (χ1n) is 5.28. The first kappa shape index (κ1) is 11.1. The third kappa shape index (κ3) is 2.17. The number of benzene rings is 1. The van der Waals surface area contributed by atoms with E-state index in [2.05, 4.69) is 15.2 Å². The van der Waals surface area contributed by atoms with E-state index in [1.807, 2.05) is 6.07 Å². The van der Waals surface area contributed by atoms with Gasteiger partial charge in [0.1, 0.15) is 5.52 Å². The Morgan fingerprint density at radius 3 is 2.94 bits per heavy atom. The molecule has 0 atom stereocenters. The van der Waals surface area contributed by atoms with E-state index in [1.165, 1.54) is 11.8 Å². The molecule has 0 fully saturated rings. The fourth-order valence-electron chi connectivity index (χ4n) is 1.51. The molecule has 0 aliphatic heterocycles. The van der Waals surface area contributed by atoms with Crippen molar-refractivity contribution in [1.29, 1.82) is 0 Å². The molecule has 18 heavy (non-hydrogen) atoms. The average Bonchev–Trinajstić information content (AvgIpc) is 2.92. The van der Waals surface area contributed by atoms with Crippen LogP contribution in [0, 0.1) is 6.92 Å². The summed E-state index contributed by atoms with van der Waals surface area (Å²) in [5, 5.41) is 8.14. The van der Waals surface area contributed by atoms with Crippen LogP contribution in [0.15, 0.2) is 32.3 Å². The summed E-state index contributed by atoms with van der Waals surface area (Å²) in [6.07, 6.45) is 0. The lowest BCUT2D eigenvalue weighted by Crippen LogP contribution is -1.82. The van der Waals surface area contributed by atoms with Crippen molar-refractivity contribution >= 4 is 28.5 Å². The van der Waals surface area contributed by atoms with Crippen LogP contribution in [0.25, 0.3) is 11.1 Å². The summed E-state index contributed by atoms with van der Waals surface area (Å²) in [6, 6.07) is 5.37. The lowest BCUT2D eigenvalue weighted by Gasteiger charge is -1.89. The molecule has 6 nitrogen and oxygen atoms in total. The van der Waals surface area contributed by atoms with Crippen LogP contribution in [0.1, 0.15) is 11.8 Å². The molecule has 0 aliphatic carbocycles. The van der Waals surface area contributed by atoms with Crippen LogP contribution in [0.4, 0.5) is 5.69 Å². The van der Waals surface area contributed by atoms with Crippen molar-refractivity contribution in [2.75, 3.05) is 5.73 Å². The minimum atomic E-state index is 0.509. The van der Waals surface area contributed by atoms with Crippen LogP contribution < -0.4 is 5.73 Å². The van der Waals surface area contributed by atoms with Gasteiger partial charge in [-0.3, -0.25) is 0 Å². The number of thioether (sulfide) groups is 1. The monoisotopic (exact) mass is 262 g/mol. The van der Waals surface area contributed by atoms with Crippen molar-refractivity contribution in [2.45, 2.75) is 17.9 Å². The van der Waals surface area contributed by atoms with Gasteiger partial charge >= 0.3 is 0 Å². The van der Waals surface area contributed by atoms with Gasteiger partial charge in [0.05, 0.1) is 5.75 Å². The van der Waals surface area contributed by atoms with Gasteiger partial charge in [-0.05, 0) is 18.2 Å². The summed E-state index contributed by atoms with van der Waals surface area (Å²) >= 11 is 1.39. The van der Waals surface area contributed by atoms with E-state index in [0.29, 0.717) is 28.4 Å². The largest absolute Gasteiger partial charge is 0.440 e. The molecule has 0 aliphatic rings. The van der Waals surface area contributed by atoms with Crippen LogP contribution in [0.3, 0.4) is 0 Å². The van der Waals surface area contributed by atoms with Gasteiger partial charge in [0, 0.05) is 12.6 Å². The topological polar surface area (TPSA) is 91.0 Å². The number of aromatic nitrogens is 3. The second-order valence-corrected chi connectivity index (χ2v) is 4.64. The molecule has 0 radical (unpaired) electrons. The van der Waals surface area contributed by atoms with E-state index in [0.717, 1.165) is 11.1 Å². The molecule has 0 unspecified atom stereocenters. The van der Waals surface area contributed by atoms with E-state index in [-0.39, 0.29) is 0 Å². The molecule has 7 heteroatoms. The summed E-state index contributed by atoms with van der Waals surface area (Å²) in [6.45, 7) is 1.75. The van der Waals surface area contributed by atoms with Gasteiger partial charge < -0.3 is 14.6 Å². The fourth-order valence-corrected chi connectivity index (χ4v) is 2.16. The van der Waals surface area contributed by atoms with Crippen molar-refractivity contribution in [3.8, 4) is 0 Å². The number of nitrogen functional groups attached to an aromatic ring is 1. The molecule has 0 saturated heterocycles. The maximum atomic E-state index is 5.68. The zero-order valence-corrected chi connectivity index (χ0v) is 10.4. The Hall–Kier alpha value is -2.02.